The SMILES string of the molecule is Cc1ccccc1C(=O)CCC(=O)NCCC1(C)OCCO1. The fourth-order valence-electron chi connectivity index (χ4n) is 2.47. The first-order chi connectivity index (χ1) is 10.5. The molecule has 1 aliphatic heterocycles. The molecule has 1 heterocycles. The molecule has 0 radical (unpaired) electrons. The zero-order valence-corrected chi connectivity index (χ0v) is 13.2. The van der Waals surface area contributed by atoms with Crippen molar-refractivity contribution in [3.8, 4) is 0 Å². The van der Waals surface area contributed by atoms with Crippen molar-refractivity contribution >= 4 is 11.7 Å². The molecule has 1 N–H and O–H groups in total. The second kappa shape index (κ2) is 7.51. The average molecular weight is 305 g/mol. The van der Waals surface area contributed by atoms with Crippen LogP contribution in [0.3, 0.4) is 0 Å². The van der Waals surface area contributed by atoms with Gasteiger partial charge in [0.25, 0.3) is 0 Å². The van der Waals surface area contributed by atoms with Crippen molar-refractivity contribution < 1.29 is 19.1 Å². The van der Waals surface area contributed by atoms with Gasteiger partial charge in [0.1, 0.15) is 0 Å². The summed E-state index contributed by atoms with van der Waals surface area (Å²) >= 11 is 0. The molecule has 0 aromatic heterocycles. The summed E-state index contributed by atoms with van der Waals surface area (Å²) in [7, 11) is 0. The molecule has 0 atom stereocenters. The summed E-state index contributed by atoms with van der Waals surface area (Å²) in [5.74, 6) is -0.712. The molecule has 1 aromatic carbocycles. The Morgan fingerprint density at radius 2 is 1.86 bits per heavy atom. The third kappa shape index (κ3) is 4.64. The van der Waals surface area contributed by atoms with Crippen molar-refractivity contribution in [1.82, 2.24) is 5.32 Å². The van der Waals surface area contributed by atoms with Gasteiger partial charge in [-0.3, -0.25) is 9.59 Å². The van der Waals surface area contributed by atoms with Crippen LogP contribution in [0.4, 0.5) is 0 Å². The lowest BCUT2D eigenvalue weighted by atomic mass is 10.0. The number of hydrogen-bond acceptors (Lipinski definition) is 4. The van der Waals surface area contributed by atoms with E-state index in [2.05, 4.69) is 5.32 Å². The summed E-state index contributed by atoms with van der Waals surface area (Å²) in [6, 6.07) is 7.43. The maximum absolute atomic E-state index is 12.1. The second-order valence-electron chi connectivity index (χ2n) is 5.67. The molecule has 5 nitrogen and oxygen atoms in total. The number of ketones is 1. The topological polar surface area (TPSA) is 64.6 Å². The Labute approximate surface area is 131 Å². The minimum atomic E-state index is -0.593. The van der Waals surface area contributed by atoms with E-state index in [0.717, 1.165) is 5.56 Å². The maximum atomic E-state index is 12.1. The first-order valence-electron chi connectivity index (χ1n) is 7.64. The Balaban J connectivity index is 1.69. The van der Waals surface area contributed by atoms with Gasteiger partial charge < -0.3 is 14.8 Å². The van der Waals surface area contributed by atoms with E-state index in [1.165, 1.54) is 0 Å². The molecule has 5 heteroatoms. The largest absolute Gasteiger partial charge is 0.356 e. The molecule has 1 amide bonds. The van der Waals surface area contributed by atoms with Crippen LogP contribution >= 0.6 is 0 Å². The van der Waals surface area contributed by atoms with Gasteiger partial charge in [0, 0.05) is 31.4 Å². The van der Waals surface area contributed by atoms with Crippen molar-refractivity contribution in [2.45, 2.75) is 38.9 Å². The monoisotopic (exact) mass is 305 g/mol. The number of ether oxygens (including phenoxy) is 2. The standard InChI is InChI=1S/C17H23NO4/c1-13-5-3-4-6-14(13)15(19)7-8-16(20)18-10-9-17(2)21-11-12-22-17/h3-6H,7-12H2,1-2H3,(H,18,20). The quantitative estimate of drug-likeness (QED) is 0.785. The van der Waals surface area contributed by atoms with E-state index in [4.69, 9.17) is 9.47 Å². The Morgan fingerprint density at radius 1 is 1.18 bits per heavy atom. The number of rotatable bonds is 7. The van der Waals surface area contributed by atoms with Gasteiger partial charge >= 0.3 is 0 Å². The average Bonchev–Trinajstić information content (AvgIpc) is 2.92. The second-order valence-corrected chi connectivity index (χ2v) is 5.67. The molecular weight excluding hydrogens is 282 g/mol. The molecule has 0 spiro atoms. The minimum absolute atomic E-state index is 0.00247. The van der Waals surface area contributed by atoms with Crippen LogP contribution < -0.4 is 5.32 Å². The number of amides is 1. The smallest absolute Gasteiger partial charge is 0.220 e. The van der Waals surface area contributed by atoms with E-state index >= 15 is 0 Å². The van der Waals surface area contributed by atoms with Gasteiger partial charge in [-0.1, -0.05) is 24.3 Å². The van der Waals surface area contributed by atoms with Gasteiger partial charge in [0.05, 0.1) is 13.2 Å². The van der Waals surface area contributed by atoms with Crippen molar-refractivity contribution in [2.24, 2.45) is 0 Å². The molecule has 0 aliphatic carbocycles. The maximum Gasteiger partial charge on any atom is 0.220 e. The van der Waals surface area contributed by atoms with Crippen LogP contribution in [0, 0.1) is 6.92 Å². The van der Waals surface area contributed by atoms with Crippen LogP contribution in [0.5, 0.6) is 0 Å². The molecule has 0 unspecified atom stereocenters. The third-order valence-electron chi connectivity index (χ3n) is 3.82. The highest BCUT2D eigenvalue weighted by Crippen LogP contribution is 2.21. The van der Waals surface area contributed by atoms with Crippen LogP contribution in [-0.2, 0) is 14.3 Å². The highest BCUT2D eigenvalue weighted by Gasteiger charge is 2.30. The summed E-state index contributed by atoms with van der Waals surface area (Å²) in [5, 5.41) is 2.81. The van der Waals surface area contributed by atoms with Crippen molar-refractivity contribution in [2.75, 3.05) is 19.8 Å². The molecule has 1 aliphatic rings. The van der Waals surface area contributed by atoms with Crippen molar-refractivity contribution in [3.05, 3.63) is 35.4 Å². The summed E-state index contributed by atoms with van der Waals surface area (Å²) in [6.45, 7) is 5.43. The first-order valence-corrected chi connectivity index (χ1v) is 7.64. The van der Waals surface area contributed by atoms with E-state index in [9.17, 15) is 9.59 Å². The Hall–Kier alpha value is -1.72. The van der Waals surface area contributed by atoms with E-state index in [1.54, 1.807) is 6.07 Å². The van der Waals surface area contributed by atoms with Crippen LogP contribution in [0.15, 0.2) is 24.3 Å². The Bertz CT molecular complexity index is 535. The van der Waals surface area contributed by atoms with Gasteiger partial charge in [-0.25, -0.2) is 0 Å². The van der Waals surface area contributed by atoms with E-state index in [0.29, 0.717) is 31.7 Å². The zero-order valence-electron chi connectivity index (χ0n) is 13.2. The fourth-order valence-corrected chi connectivity index (χ4v) is 2.47. The molecule has 1 aromatic rings. The number of carbonyl (C=O) groups excluding carboxylic acids is 2. The predicted molar refractivity (Wildman–Crippen MR) is 82.7 cm³/mol. The lowest BCUT2D eigenvalue weighted by molar-refractivity contribution is -0.146. The highest BCUT2D eigenvalue weighted by atomic mass is 16.7. The summed E-state index contributed by atoms with van der Waals surface area (Å²) < 4.78 is 10.9. The zero-order chi connectivity index (χ0) is 16.0. The Morgan fingerprint density at radius 3 is 2.55 bits per heavy atom. The Kier molecular flexibility index (Phi) is 5.69. The molecule has 120 valence electrons. The lowest BCUT2D eigenvalue weighted by Gasteiger charge is -2.22. The molecule has 22 heavy (non-hydrogen) atoms. The molecule has 1 saturated heterocycles. The van der Waals surface area contributed by atoms with Crippen LogP contribution in [0.25, 0.3) is 0 Å². The van der Waals surface area contributed by atoms with Gasteiger partial charge in [0.15, 0.2) is 11.6 Å². The number of benzene rings is 1. The number of aryl methyl sites for hydroxylation is 1. The minimum Gasteiger partial charge on any atom is -0.356 e. The normalized spacial score (nSPS) is 16.5. The van der Waals surface area contributed by atoms with Crippen molar-refractivity contribution in [3.63, 3.8) is 0 Å². The summed E-state index contributed by atoms with van der Waals surface area (Å²) in [6.07, 6.45) is 1.02. The van der Waals surface area contributed by atoms with Gasteiger partial charge in [-0.2, -0.15) is 0 Å². The number of Topliss-reactive ketones (excluding diaryl/α,β-unsaturated/α-hetero) is 1. The molecular formula is C17H23NO4. The van der Waals surface area contributed by atoms with Gasteiger partial charge in [-0.15, -0.1) is 0 Å². The molecule has 2 rings (SSSR count). The molecule has 0 bridgehead atoms. The predicted octanol–water partition coefficient (Wildman–Crippen LogP) is 2.23. The first kappa shape index (κ1) is 16.6. The van der Waals surface area contributed by atoms with Gasteiger partial charge in [0.2, 0.25) is 5.91 Å². The van der Waals surface area contributed by atoms with E-state index in [1.807, 2.05) is 32.0 Å². The van der Waals surface area contributed by atoms with E-state index < -0.39 is 5.79 Å². The van der Waals surface area contributed by atoms with E-state index in [-0.39, 0.29) is 24.5 Å². The highest BCUT2D eigenvalue weighted by molar-refractivity contribution is 5.99. The molecule has 1 fully saturated rings. The van der Waals surface area contributed by atoms with Crippen molar-refractivity contribution in [1.29, 1.82) is 0 Å². The third-order valence-corrected chi connectivity index (χ3v) is 3.82. The number of hydrogen-bond donors (Lipinski definition) is 1. The van der Waals surface area contributed by atoms with Crippen LogP contribution in [-0.4, -0.2) is 37.2 Å². The van der Waals surface area contributed by atoms with Crippen LogP contribution in [0.1, 0.15) is 42.1 Å². The molecule has 0 saturated carbocycles. The summed E-state index contributed by atoms with van der Waals surface area (Å²) in [4.78, 5) is 23.9. The van der Waals surface area contributed by atoms with Gasteiger partial charge in [-0.05, 0) is 19.4 Å². The van der Waals surface area contributed by atoms with Crippen LogP contribution in [0.2, 0.25) is 0 Å². The number of nitrogens with one attached hydrogen (secondary N) is 1. The number of carbonyl (C=O) groups is 2. The summed E-state index contributed by atoms with van der Waals surface area (Å²) in [5.41, 5.74) is 1.63. The lowest BCUT2D eigenvalue weighted by Crippen LogP contribution is -2.33. The fraction of sp³-hybridized carbons (Fsp3) is 0.529.